The fourth-order valence-corrected chi connectivity index (χ4v) is 3.35. The second-order valence-electron chi connectivity index (χ2n) is 5.99. The molecule has 0 aromatic heterocycles. The van der Waals surface area contributed by atoms with Crippen molar-refractivity contribution in [3.63, 3.8) is 0 Å². The van der Waals surface area contributed by atoms with Gasteiger partial charge in [-0.3, -0.25) is 4.99 Å². The molecule has 1 aromatic carbocycles. The molecule has 1 aromatic rings. The van der Waals surface area contributed by atoms with Crippen molar-refractivity contribution in [3.05, 3.63) is 28.2 Å². The minimum atomic E-state index is 0.236. The first-order chi connectivity index (χ1) is 8.88. The van der Waals surface area contributed by atoms with Crippen LogP contribution >= 0.6 is 27.7 Å². The third-order valence-corrected chi connectivity index (χ3v) is 5.19. The molecule has 1 unspecified atom stereocenters. The van der Waals surface area contributed by atoms with Gasteiger partial charge < -0.3 is 5.32 Å². The highest BCUT2D eigenvalue weighted by Gasteiger charge is 2.27. The zero-order valence-electron chi connectivity index (χ0n) is 12.0. The highest BCUT2D eigenvalue weighted by molar-refractivity contribution is 9.10. The zero-order valence-corrected chi connectivity index (χ0v) is 14.4. The maximum absolute atomic E-state index is 4.87. The van der Waals surface area contributed by atoms with E-state index in [1.807, 2.05) is 11.8 Å². The van der Waals surface area contributed by atoms with Crippen LogP contribution in [0.5, 0.6) is 0 Å². The number of rotatable bonds is 1. The predicted octanol–water partition coefficient (Wildman–Crippen LogP) is 5.08. The van der Waals surface area contributed by atoms with Crippen molar-refractivity contribution in [3.8, 4) is 0 Å². The summed E-state index contributed by atoms with van der Waals surface area (Å²) in [5, 5.41) is 4.52. The van der Waals surface area contributed by atoms with Crippen molar-refractivity contribution in [2.45, 2.75) is 40.2 Å². The van der Waals surface area contributed by atoms with E-state index in [9.17, 15) is 0 Å². The third-order valence-electron chi connectivity index (χ3n) is 3.41. The lowest BCUT2D eigenvalue weighted by Crippen LogP contribution is -2.30. The van der Waals surface area contributed by atoms with Gasteiger partial charge in [-0.1, -0.05) is 54.5 Å². The summed E-state index contributed by atoms with van der Waals surface area (Å²) in [7, 11) is 0. The van der Waals surface area contributed by atoms with E-state index in [1.165, 1.54) is 5.56 Å². The Morgan fingerprint density at radius 3 is 2.79 bits per heavy atom. The third kappa shape index (κ3) is 3.76. The molecule has 4 heteroatoms. The van der Waals surface area contributed by atoms with Crippen LogP contribution in [0.15, 0.2) is 27.7 Å². The summed E-state index contributed by atoms with van der Waals surface area (Å²) in [4.78, 5) is 4.87. The zero-order chi connectivity index (χ0) is 14.0. The van der Waals surface area contributed by atoms with Gasteiger partial charge in [-0.05, 0) is 36.5 Å². The van der Waals surface area contributed by atoms with Gasteiger partial charge >= 0.3 is 0 Å². The Balaban J connectivity index is 2.19. The van der Waals surface area contributed by atoms with Crippen LogP contribution < -0.4 is 5.32 Å². The predicted molar refractivity (Wildman–Crippen MR) is 90.3 cm³/mol. The number of nitrogens with one attached hydrogen (secondary N) is 1. The van der Waals surface area contributed by atoms with Crippen LogP contribution in [-0.2, 0) is 0 Å². The average Bonchev–Trinajstić information content (AvgIpc) is 2.34. The molecule has 1 aliphatic heterocycles. The molecule has 0 saturated heterocycles. The maximum atomic E-state index is 4.87. The molecule has 0 fully saturated rings. The summed E-state index contributed by atoms with van der Waals surface area (Å²) in [6, 6.07) is 6.62. The van der Waals surface area contributed by atoms with Gasteiger partial charge in [0.15, 0.2) is 5.17 Å². The summed E-state index contributed by atoms with van der Waals surface area (Å²) in [6.45, 7) is 8.90. The quantitative estimate of drug-likeness (QED) is 0.771. The summed E-state index contributed by atoms with van der Waals surface area (Å²) in [5.41, 5.74) is 2.60. The maximum Gasteiger partial charge on any atom is 0.161 e. The molecule has 104 valence electrons. The molecule has 1 heterocycles. The standard InChI is InChI=1S/C15H21BrN2S/c1-10-11(16)6-5-7-12(10)17-14-18-13(8-9-19-14)15(2,3)4/h5-7,13H,8-9H2,1-4H3,(H,17,18). The molecular formula is C15H21BrN2S. The second-order valence-corrected chi connectivity index (χ2v) is 7.93. The number of nitrogens with zero attached hydrogens (tertiary/aromatic N) is 1. The summed E-state index contributed by atoms with van der Waals surface area (Å²) >= 11 is 5.38. The van der Waals surface area contributed by atoms with Crippen molar-refractivity contribution >= 4 is 38.5 Å². The van der Waals surface area contributed by atoms with Crippen LogP contribution in [0.25, 0.3) is 0 Å². The number of thioether (sulfide) groups is 1. The monoisotopic (exact) mass is 340 g/mol. The lowest BCUT2D eigenvalue weighted by Gasteiger charge is -2.31. The molecule has 2 rings (SSSR count). The first kappa shape index (κ1) is 14.9. The Bertz CT molecular complexity index is 491. The van der Waals surface area contributed by atoms with Gasteiger partial charge in [-0.15, -0.1) is 0 Å². The van der Waals surface area contributed by atoms with Gasteiger partial charge in [0.25, 0.3) is 0 Å². The van der Waals surface area contributed by atoms with E-state index in [1.54, 1.807) is 0 Å². The molecule has 0 saturated carbocycles. The van der Waals surface area contributed by atoms with Crippen LogP contribution in [0.4, 0.5) is 5.69 Å². The first-order valence-electron chi connectivity index (χ1n) is 6.60. The van der Waals surface area contributed by atoms with E-state index in [2.05, 4.69) is 67.1 Å². The highest BCUT2D eigenvalue weighted by Crippen LogP contribution is 2.32. The molecule has 0 spiro atoms. The van der Waals surface area contributed by atoms with Crippen LogP contribution in [0.1, 0.15) is 32.8 Å². The lowest BCUT2D eigenvalue weighted by molar-refractivity contribution is 0.316. The summed E-state index contributed by atoms with van der Waals surface area (Å²) in [6.07, 6.45) is 1.16. The molecule has 0 bridgehead atoms. The molecule has 19 heavy (non-hydrogen) atoms. The Kier molecular flexibility index (Phi) is 4.62. The number of hydrogen-bond donors (Lipinski definition) is 1. The van der Waals surface area contributed by atoms with E-state index < -0.39 is 0 Å². The number of anilines is 1. The van der Waals surface area contributed by atoms with E-state index in [0.29, 0.717) is 6.04 Å². The van der Waals surface area contributed by atoms with Gasteiger partial charge in [0, 0.05) is 15.9 Å². The number of halogens is 1. The van der Waals surface area contributed by atoms with Crippen molar-refractivity contribution in [1.82, 2.24) is 0 Å². The second kappa shape index (κ2) is 5.88. The van der Waals surface area contributed by atoms with E-state index >= 15 is 0 Å². The molecule has 0 amide bonds. The minimum absolute atomic E-state index is 0.236. The van der Waals surface area contributed by atoms with Crippen molar-refractivity contribution < 1.29 is 0 Å². The van der Waals surface area contributed by atoms with Gasteiger partial charge in [-0.25, -0.2) is 0 Å². The molecule has 1 N–H and O–H groups in total. The van der Waals surface area contributed by atoms with E-state index in [0.717, 1.165) is 27.5 Å². The number of benzene rings is 1. The van der Waals surface area contributed by atoms with E-state index in [4.69, 9.17) is 4.99 Å². The first-order valence-corrected chi connectivity index (χ1v) is 8.38. The van der Waals surface area contributed by atoms with Crippen molar-refractivity contribution in [1.29, 1.82) is 0 Å². The molecule has 0 aliphatic carbocycles. The molecular weight excluding hydrogens is 320 g/mol. The number of aliphatic imine (C=N–C) groups is 1. The molecule has 1 atom stereocenters. The van der Waals surface area contributed by atoms with Crippen LogP contribution in [0, 0.1) is 12.3 Å². The lowest BCUT2D eigenvalue weighted by atomic mass is 9.85. The molecule has 2 nitrogen and oxygen atoms in total. The molecule has 0 radical (unpaired) electrons. The normalized spacial score (nSPS) is 20.1. The fourth-order valence-electron chi connectivity index (χ4n) is 2.06. The average molecular weight is 341 g/mol. The summed E-state index contributed by atoms with van der Waals surface area (Å²) in [5.74, 6) is 1.14. The number of amidine groups is 1. The minimum Gasteiger partial charge on any atom is -0.335 e. The van der Waals surface area contributed by atoms with E-state index in [-0.39, 0.29) is 5.41 Å². The van der Waals surface area contributed by atoms with Crippen molar-refractivity contribution in [2.24, 2.45) is 10.4 Å². The summed E-state index contributed by atoms with van der Waals surface area (Å²) < 4.78 is 1.13. The fraction of sp³-hybridized carbons (Fsp3) is 0.533. The van der Waals surface area contributed by atoms with Gasteiger partial charge in [0.1, 0.15) is 0 Å². The topological polar surface area (TPSA) is 24.4 Å². The Morgan fingerprint density at radius 1 is 1.37 bits per heavy atom. The van der Waals surface area contributed by atoms with Gasteiger partial charge in [-0.2, -0.15) is 0 Å². The van der Waals surface area contributed by atoms with Crippen molar-refractivity contribution in [2.75, 3.05) is 11.1 Å². The Hall–Kier alpha value is -0.480. The number of hydrogen-bond acceptors (Lipinski definition) is 3. The van der Waals surface area contributed by atoms with Gasteiger partial charge in [0.05, 0.1) is 6.04 Å². The Labute approximate surface area is 128 Å². The van der Waals surface area contributed by atoms with Crippen LogP contribution in [0.3, 0.4) is 0 Å². The highest BCUT2D eigenvalue weighted by atomic mass is 79.9. The van der Waals surface area contributed by atoms with Crippen LogP contribution in [-0.4, -0.2) is 17.0 Å². The SMILES string of the molecule is Cc1c(Br)cccc1NC1=NC(C(C)(C)C)CCS1. The smallest absolute Gasteiger partial charge is 0.161 e. The Morgan fingerprint density at radius 2 is 2.11 bits per heavy atom. The largest absolute Gasteiger partial charge is 0.335 e. The van der Waals surface area contributed by atoms with Gasteiger partial charge in [0.2, 0.25) is 0 Å². The molecule has 1 aliphatic rings. The van der Waals surface area contributed by atoms with Crippen LogP contribution in [0.2, 0.25) is 0 Å².